The van der Waals surface area contributed by atoms with Gasteiger partial charge >= 0.3 is 12.2 Å². The normalized spacial score (nSPS) is 17.4. The highest BCUT2D eigenvalue weighted by Crippen LogP contribution is 2.28. The Morgan fingerprint density at radius 3 is 2.14 bits per heavy atom. The number of rotatable bonds is 21. The van der Waals surface area contributed by atoms with Crippen molar-refractivity contribution in [1.82, 2.24) is 39.7 Å². The number of hydrogen-bond donors (Lipinski definition) is 2. The molecule has 7 rings (SSSR count). The highest BCUT2D eigenvalue weighted by atomic mass is 16.7. The zero-order valence-corrected chi connectivity index (χ0v) is 40.1. The van der Waals surface area contributed by atoms with Crippen LogP contribution in [0.15, 0.2) is 53.5 Å². The zero-order chi connectivity index (χ0) is 46.3. The van der Waals surface area contributed by atoms with Gasteiger partial charge in [-0.25, -0.2) is 14.3 Å². The van der Waals surface area contributed by atoms with Crippen LogP contribution in [0.4, 0.5) is 9.59 Å². The number of fused-ring (bicyclic) bond motifs is 2. The molecule has 0 unspecified atom stereocenters. The average molecular weight is 909 g/mol. The number of likely N-dealkylation sites (tertiary alicyclic amines) is 2. The number of hydrogen-bond acceptors (Lipinski definition) is 9. The van der Waals surface area contributed by atoms with Crippen LogP contribution in [0.3, 0.4) is 0 Å². The number of ether oxygens (including phenoxy) is 2. The summed E-state index contributed by atoms with van der Waals surface area (Å²) >= 11 is 0. The van der Waals surface area contributed by atoms with Gasteiger partial charge in [0.2, 0.25) is 5.91 Å². The van der Waals surface area contributed by atoms with Crippen molar-refractivity contribution >= 4 is 39.9 Å². The number of pyridine rings is 1. The Hall–Kier alpha value is -4.95. The summed E-state index contributed by atoms with van der Waals surface area (Å²) in [6, 6.07) is 13.3. The van der Waals surface area contributed by atoms with Gasteiger partial charge in [0.15, 0.2) is 6.73 Å². The maximum atomic E-state index is 14.5. The van der Waals surface area contributed by atoms with E-state index in [1.165, 1.54) is 57.8 Å². The highest BCUT2D eigenvalue weighted by molar-refractivity contribution is 5.88. The van der Waals surface area contributed by atoms with Gasteiger partial charge in [-0.15, -0.1) is 0 Å². The molecule has 14 heteroatoms. The molecule has 360 valence electrons. The van der Waals surface area contributed by atoms with Crippen molar-refractivity contribution in [1.29, 1.82) is 0 Å². The smallest absolute Gasteiger partial charge is 0.434 e. The molecule has 3 amide bonds. The van der Waals surface area contributed by atoms with Crippen LogP contribution in [0, 0.1) is 6.92 Å². The second-order valence-corrected chi connectivity index (χ2v) is 19.3. The van der Waals surface area contributed by atoms with Crippen LogP contribution in [0.1, 0.15) is 132 Å². The van der Waals surface area contributed by atoms with E-state index in [1.807, 2.05) is 60.5 Å². The minimum atomic E-state index is -0.774. The number of carbonyl (C=O) groups is 3. The van der Waals surface area contributed by atoms with Gasteiger partial charge in [0.25, 0.3) is 5.56 Å². The number of amides is 3. The third-order valence-electron chi connectivity index (χ3n) is 14.3. The number of aromatic nitrogens is 3. The van der Waals surface area contributed by atoms with Crippen LogP contribution in [0.25, 0.3) is 21.8 Å². The van der Waals surface area contributed by atoms with E-state index in [1.54, 1.807) is 9.58 Å². The van der Waals surface area contributed by atoms with Crippen LogP contribution in [0.2, 0.25) is 0 Å². The lowest BCUT2D eigenvalue weighted by Gasteiger charge is -2.43. The molecule has 3 aliphatic rings. The van der Waals surface area contributed by atoms with Crippen LogP contribution in [0.5, 0.6) is 0 Å². The molecule has 3 saturated heterocycles. The maximum absolute atomic E-state index is 14.5. The summed E-state index contributed by atoms with van der Waals surface area (Å²) in [5.41, 5.74) is 4.10. The van der Waals surface area contributed by atoms with Crippen molar-refractivity contribution < 1.29 is 23.9 Å². The second-order valence-electron chi connectivity index (χ2n) is 19.3. The number of benzene rings is 2. The number of piperazine rings is 1. The molecule has 2 N–H and O–H groups in total. The van der Waals surface area contributed by atoms with Gasteiger partial charge in [-0.3, -0.25) is 14.5 Å². The van der Waals surface area contributed by atoms with Gasteiger partial charge in [-0.1, -0.05) is 102 Å². The van der Waals surface area contributed by atoms with E-state index in [0.717, 1.165) is 96.8 Å². The first-order chi connectivity index (χ1) is 32.1. The zero-order valence-electron chi connectivity index (χ0n) is 40.1. The molecular formula is C52H76N8O6. The maximum Gasteiger partial charge on any atom is 0.510 e. The summed E-state index contributed by atoms with van der Waals surface area (Å²) in [7, 11) is 2.18. The standard InChI is InChI=1S/C52H76N8O6/c1-4-5-6-7-8-9-10-11-12-13-14-17-32-65-52(64)66-38-60-37-43-34-40(33-39(2)48(43)55-60)35-47(50(62)58-30-28-57(29-31-58)44-22-24-56(3)25-23-44)54-51(63)59-26-20-41(21-27-59)45-36-42-18-15-16-19-46(42)53-49(45)61/h15-16,18-19,33-34,36-37,41,44,47H,4-14,17,20-32,35,38H2,1-3H3,(H,53,61)(H,54,63)/t47-/m1/s1. The Morgan fingerprint density at radius 2 is 1.44 bits per heavy atom. The number of unbranched alkanes of at least 4 members (excludes halogenated alkanes) is 11. The van der Waals surface area contributed by atoms with Crippen LogP contribution in [-0.2, 0) is 27.4 Å². The first-order valence-corrected chi connectivity index (χ1v) is 25.3. The third kappa shape index (κ3) is 13.8. The lowest BCUT2D eigenvalue weighted by molar-refractivity contribution is -0.135. The molecule has 66 heavy (non-hydrogen) atoms. The molecule has 2 aromatic heterocycles. The molecule has 1 atom stereocenters. The predicted octanol–water partition coefficient (Wildman–Crippen LogP) is 8.74. The first-order valence-electron chi connectivity index (χ1n) is 25.3. The molecule has 3 aliphatic heterocycles. The van der Waals surface area contributed by atoms with Gasteiger partial charge in [0.1, 0.15) is 6.04 Å². The molecule has 14 nitrogen and oxygen atoms in total. The topological polar surface area (TPSA) is 145 Å². The van der Waals surface area contributed by atoms with Crippen LogP contribution < -0.4 is 10.9 Å². The van der Waals surface area contributed by atoms with Crippen molar-refractivity contribution in [2.75, 3.05) is 66.0 Å². The third-order valence-corrected chi connectivity index (χ3v) is 14.3. The predicted molar refractivity (Wildman–Crippen MR) is 261 cm³/mol. The molecule has 0 aliphatic carbocycles. The van der Waals surface area contributed by atoms with E-state index in [9.17, 15) is 19.2 Å². The number of urea groups is 1. The largest absolute Gasteiger partial charge is 0.510 e. The Labute approximate surface area is 391 Å². The number of para-hydroxylation sites is 1. The minimum absolute atomic E-state index is 0.0384. The van der Waals surface area contributed by atoms with Gasteiger partial charge in [-0.2, -0.15) is 5.10 Å². The number of H-pyrrole nitrogens is 1. The number of nitrogens with zero attached hydrogens (tertiary/aromatic N) is 6. The first kappa shape index (κ1) is 49.0. The molecule has 0 saturated carbocycles. The summed E-state index contributed by atoms with van der Waals surface area (Å²) in [4.78, 5) is 65.7. The number of aromatic amines is 1. The molecule has 3 fully saturated rings. The highest BCUT2D eigenvalue weighted by Gasteiger charge is 2.34. The number of nitrogens with one attached hydrogen (secondary N) is 2. The summed E-state index contributed by atoms with van der Waals surface area (Å²) in [6.07, 6.45) is 20.0. The molecular weight excluding hydrogens is 833 g/mol. The van der Waals surface area contributed by atoms with E-state index < -0.39 is 12.2 Å². The van der Waals surface area contributed by atoms with Gasteiger partial charge in [-0.05, 0) is 99.8 Å². The Bertz CT molecular complexity index is 2230. The SMILES string of the molecule is CCCCCCCCCCCCCCOC(=O)OCn1cc2cc(C[C@@H](NC(=O)N3CCC(c4cc5ccccc5[nH]c4=O)CC3)C(=O)N3CCN(C4CCN(C)CC4)CC3)cc(C)c2n1. The number of carbonyl (C=O) groups excluding carboxylic acids is 3. The van der Waals surface area contributed by atoms with E-state index in [-0.39, 0.29) is 30.1 Å². The van der Waals surface area contributed by atoms with E-state index >= 15 is 0 Å². The molecule has 2 aromatic carbocycles. The van der Waals surface area contributed by atoms with E-state index in [4.69, 9.17) is 14.6 Å². The molecule has 0 spiro atoms. The number of aryl methyl sites for hydroxylation is 1. The van der Waals surface area contributed by atoms with E-state index in [0.29, 0.717) is 58.1 Å². The summed E-state index contributed by atoms with van der Waals surface area (Å²) in [5.74, 6) is -0.0377. The fraction of sp³-hybridized carbons (Fsp3) is 0.635. The molecule has 0 bridgehead atoms. The Kier molecular flexibility index (Phi) is 18.3. The second kappa shape index (κ2) is 24.7. The van der Waals surface area contributed by atoms with Crippen molar-refractivity contribution in [3.63, 3.8) is 0 Å². The van der Waals surface area contributed by atoms with Crippen molar-refractivity contribution in [2.45, 2.75) is 148 Å². The van der Waals surface area contributed by atoms with Crippen LogP contribution in [-0.4, -0.2) is 131 Å². The fourth-order valence-corrected chi connectivity index (χ4v) is 10.3. The summed E-state index contributed by atoms with van der Waals surface area (Å²) < 4.78 is 12.4. The quantitative estimate of drug-likeness (QED) is 0.0620. The Morgan fingerprint density at radius 1 is 0.773 bits per heavy atom. The lowest BCUT2D eigenvalue weighted by Crippen LogP contribution is -2.59. The van der Waals surface area contributed by atoms with Gasteiger partial charge in [0.05, 0.1) is 12.1 Å². The molecule has 5 heterocycles. The molecule has 4 aromatic rings. The number of piperidine rings is 2. The summed E-state index contributed by atoms with van der Waals surface area (Å²) in [5, 5.41) is 9.71. The minimum Gasteiger partial charge on any atom is -0.434 e. The molecule has 0 radical (unpaired) electrons. The summed E-state index contributed by atoms with van der Waals surface area (Å²) in [6.45, 7) is 10.5. The van der Waals surface area contributed by atoms with Crippen LogP contribution >= 0.6 is 0 Å². The Balaban J connectivity index is 0.922. The fourth-order valence-electron chi connectivity index (χ4n) is 10.3. The lowest BCUT2D eigenvalue weighted by atomic mass is 9.89. The van der Waals surface area contributed by atoms with Gasteiger partial charge in [0, 0.05) is 74.4 Å². The van der Waals surface area contributed by atoms with Crippen molar-refractivity contribution in [3.8, 4) is 0 Å². The van der Waals surface area contributed by atoms with Gasteiger partial charge < -0.3 is 34.5 Å². The average Bonchev–Trinajstić information content (AvgIpc) is 3.75. The monoisotopic (exact) mass is 909 g/mol. The van der Waals surface area contributed by atoms with Crippen molar-refractivity contribution in [2.24, 2.45) is 0 Å². The van der Waals surface area contributed by atoms with E-state index in [2.05, 4.69) is 34.1 Å². The van der Waals surface area contributed by atoms with Crippen molar-refractivity contribution in [3.05, 3.63) is 75.7 Å².